The van der Waals surface area contributed by atoms with Crippen LogP contribution in [0.15, 0.2) is 42.6 Å². The first kappa shape index (κ1) is 9.40. The van der Waals surface area contributed by atoms with Crippen molar-refractivity contribution in [2.75, 3.05) is 0 Å². The quantitative estimate of drug-likeness (QED) is 0.755. The molecule has 1 aromatic heterocycles. The van der Waals surface area contributed by atoms with Crippen LogP contribution in [0.25, 0.3) is 11.3 Å². The Morgan fingerprint density at radius 3 is 2.67 bits per heavy atom. The van der Waals surface area contributed by atoms with Crippen LogP contribution in [0, 0.1) is 0 Å². The molecular formula is C12H9NO2. The fraction of sp³-hybridized carbons (Fsp3) is 0. The lowest BCUT2D eigenvalue weighted by molar-refractivity contribution is 0.112. The molecule has 0 amide bonds. The smallest absolute Gasteiger partial charge is 0.151 e. The van der Waals surface area contributed by atoms with Crippen LogP contribution < -0.4 is 0 Å². The van der Waals surface area contributed by atoms with E-state index >= 15 is 0 Å². The van der Waals surface area contributed by atoms with Gasteiger partial charge in [0.15, 0.2) is 6.29 Å². The summed E-state index contributed by atoms with van der Waals surface area (Å²) in [7, 11) is 0. The van der Waals surface area contributed by atoms with Crippen molar-refractivity contribution in [3.8, 4) is 17.0 Å². The lowest BCUT2D eigenvalue weighted by Crippen LogP contribution is -1.85. The summed E-state index contributed by atoms with van der Waals surface area (Å²) in [5.41, 5.74) is 2.10. The highest BCUT2D eigenvalue weighted by Gasteiger charge is 1.99. The minimum Gasteiger partial charge on any atom is -0.508 e. The van der Waals surface area contributed by atoms with E-state index in [2.05, 4.69) is 4.98 Å². The number of aldehydes is 1. The van der Waals surface area contributed by atoms with Crippen LogP contribution in [0.1, 0.15) is 10.4 Å². The average molecular weight is 199 g/mol. The Bertz CT molecular complexity index is 477. The number of carbonyl (C=O) groups excluding carboxylic acids is 1. The SMILES string of the molecule is O=Cc1ccc(-c2cccc(O)c2)nc1. The molecule has 2 rings (SSSR count). The van der Waals surface area contributed by atoms with Crippen molar-refractivity contribution in [2.24, 2.45) is 0 Å². The van der Waals surface area contributed by atoms with Gasteiger partial charge in [0.05, 0.1) is 5.69 Å². The molecule has 3 heteroatoms. The van der Waals surface area contributed by atoms with Gasteiger partial charge in [0.25, 0.3) is 0 Å². The topological polar surface area (TPSA) is 50.2 Å². The molecule has 74 valence electrons. The van der Waals surface area contributed by atoms with Crippen LogP contribution in [0.3, 0.4) is 0 Å². The number of aromatic nitrogens is 1. The molecule has 0 saturated carbocycles. The minimum atomic E-state index is 0.203. The van der Waals surface area contributed by atoms with Gasteiger partial charge >= 0.3 is 0 Å². The summed E-state index contributed by atoms with van der Waals surface area (Å²) < 4.78 is 0. The summed E-state index contributed by atoms with van der Waals surface area (Å²) in [5.74, 6) is 0.203. The number of benzene rings is 1. The first-order chi connectivity index (χ1) is 7.29. The normalized spacial score (nSPS) is 9.87. The Balaban J connectivity index is 2.41. The number of nitrogens with zero attached hydrogens (tertiary/aromatic N) is 1. The van der Waals surface area contributed by atoms with E-state index in [0.29, 0.717) is 5.56 Å². The van der Waals surface area contributed by atoms with Crippen molar-refractivity contribution in [1.29, 1.82) is 0 Å². The van der Waals surface area contributed by atoms with Gasteiger partial charge < -0.3 is 5.11 Å². The van der Waals surface area contributed by atoms with E-state index < -0.39 is 0 Å². The maximum absolute atomic E-state index is 10.4. The zero-order valence-corrected chi connectivity index (χ0v) is 7.92. The molecule has 1 N–H and O–H groups in total. The second kappa shape index (κ2) is 3.92. The lowest BCUT2D eigenvalue weighted by atomic mass is 10.1. The van der Waals surface area contributed by atoms with Gasteiger partial charge in [-0.2, -0.15) is 0 Å². The van der Waals surface area contributed by atoms with Crippen molar-refractivity contribution in [2.45, 2.75) is 0 Å². The zero-order chi connectivity index (χ0) is 10.7. The van der Waals surface area contributed by atoms with Crippen molar-refractivity contribution >= 4 is 6.29 Å². The monoisotopic (exact) mass is 199 g/mol. The fourth-order valence-corrected chi connectivity index (χ4v) is 1.31. The molecule has 0 fully saturated rings. The number of phenols is 1. The van der Waals surface area contributed by atoms with Crippen LogP contribution >= 0.6 is 0 Å². The predicted molar refractivity (Wildman–Crippen MR) is 56.7 cm³/mol. The van der Waals surface area contributed by atoms with Crippen LogP contribution in [0.4, 0.5) is 0 Å². The summed E-state index contributed by atoms with van der Waals surface area (Å²) in [4.78, 5) is 14.5. The Hall–Kier alpha value is -2.16. The van der Waals surface area contributed by atoms with E-state index in [9.17, 15) is 9.90 Å². The van der Waals surface area contributed by atoms with Crippen molar-refractivity contribution < 1.29 is 9.90 Å². The molecular weight excluding hydrogens is 190 g/mol. The molecule has 0 atom stereocenters. The van der Waals surface area contributed by atoms with E-state index in [4.69, 9.17) is 0 Å². The third-order valence-corrected chi connectivity index (χ3v) is 2.06. The number of carbonyl (C=O) groups is 1. The molecule has 0 spiro atoms. The Labute approximate surface area is 87.0 Å². The molecule has 1 aromatic carbocycles. The van der Waals surface area contributed by atoms with Gasteiger partial charge in [-0.15, -0.1) is 0 Å². The first-order valence-electron chi connectivity index (χ1n) is 4.50. The molecule has 1 heterocycles. The molecule has 3 nitrogen and oxygen atoms in total. The van der Waals surface area contributed by atoms with E-state index in [1.807, 2.05) is 6.07 Å². The summed E-state index contributed by atoms with van der Waals surface area (Å²) in [6.07, 6.45) is 2.26. The molecule has 0 radical (unpaired) electrons. The van der Waals surface area contributed by atoms with Gasteiger partial charge in [-0.25, -0.2) is 0 Å². The largest absolute Gasteiger partial charge is 0.508 e. The second-order valence-electron chi connectivity index (χ2n) is 3.14. The second-order valence-corrected chi connectivity index (χ2v) is 3.14. The highest BCUT2D eigenvalue weighted by atomic mass is 16.3. The van der Waals surface area contributed by atoms with Gasteiger partial charge in [-0.05, 0) is 24.3 Å². The summed E-state index contributed by atoms with van der Waals surface area (Å²) in [6, 6.07) is 10.3. The Kier molecular flexibility index (Phi) is 2.46. The molecule has 0 aliphatic rings. The van der Waals surface area contributed by atoms with Crippen molar-refractivity contribution in [3.63, 3.8) is 0 Å². The molecule has 15 heavy (non-hydrogen) atoms. The number of hydrogen-bond donors (Lipinski definition) is 1. The van der Waals surface area contributed by atoms with Crippen LogP contribution in [-0.4, -0.2) is 16.4 Å². The molecule has 0 aliphatic heterocycles. The highest BCUT2D eigenvalue weighted by Crippen LogP contribution is 2.20. The Morgan fingerprint density at radius 1 is 1.20 bits per heavy atom. The van der Waals surface area contributed by atoms with E-state index in [1.54, 1.807) is 30.3 Å². The van der Waals surface area contributed by atoms with Gasteiger partial charge in [0, 0.05) is 17.3 Å². The van der Waals surface area contributed by atoms with Crippen molar-refractivity contribution in [3.05, 3.63) is 48.2 Å². The number of rotatable bonds is 2. The maximum Gasteiger partial charge on any atom is 0.151 e. The first-order valence-corrected chi connectivity index (χ1v) is 4.50. The molecule has 0 unspecified atom stereocenters. The minimum absolute atomic E-state index is 0.203. The van der Waals surface area contributed by atoms with E-state index in [-0.39, 0.29) is 5.75 Å². The van der Waals surface area contributed by atoms with Gasteiger partial charge in [0.1, 0.15) is 5.75 Å². The number of phenolic OH excluding ortho intramolecular Hbond substituents is 1. The van der Waals surface area contributed by atoms with E-state index in [0.717, 1.165) is 17.5 Å². The number of aromatic hydroxyl groups is 1. The Morgan fingerprint density at radius 2 is 2.07 bits per heavy atom. The van der Waals surface area contributed by atoms with Gasteiger partial charge in [-0.3, -0.25) is 9.78 Å². The average Bonchev–Trinajstić information content (AvgIpc) is 2.29. The van der Waals surface area contributed by atoms with Crippen LogP contribution in [0.5, 0.6) is 5.75 Å². The summed E-state index contributed by atoms with van der Waals surface area (Å²) in [5, 5.41) is 9.29. The highest BCUT2D eigenvalue weighted by molar-refractivity contribution is 5.75. The number of hydrogen-bond acceptors (Lipinski definition) is 3. The predicted octanol–water partition coefficient (Wildman–Crippen LogP) is 2.27. The molecule has 0 bridgehead atoms. The van der Waals surface area contributed by atoms with Crippen molar-refractivity contribution in [1.82, 2.24) is 4.98 Å². The summed E-state index contributed by atoms with van der Waals surface area (Å²) >= 11 is 0. The van der Waals surface area contributed by atoms with Gasteiger partial charge in [-0.1, -0.05) is 12.1 Å². The number of pyridine rings is 1. The molecule has 0 aliphatic carbocycles. The standard InChI is InChI=1S/C12H9NO2/c14-8-9-4-5-12(13-7-9)10-2-1-3-11(15)6-10/h1-8,15H. The lowest BCUT2D eigenvalue weighted by Gasteiger charge is -2.01. The fourth-order valence-electron chi connectivity index (χ4n) is 1.31. The third-order valence-electron chi connectivity index (χ3n) is 2.06. The van der Waals surface area contributed by atoms with Crippen LogP contribution in [-0.2, 0) is 0 Å². The molecule has 2 aromatic rings. The van der Waals surface area contributed by atoms with Gasteiger partial charge in [0.2, 0.25) is 0 Å². The summed E-state index contributed by atoms with van der Waals surface area (Å²) in [6.45, 7) is 0. The zero-order valence-electron chi connectivity index (χ0n) is 7.92. The third kappa shape index (κ3) is 2.02. The van der Waals surface area contributed by atoms with Crippen LogP contribution in [0.2, 0.25) is 0 Å². The maximum atomic E-state index is 10.4. The van der Waals surface area contributed by atoms with E-state index in [1.165, 1.54) is 6.20 Å². The molecule has 0 saturated heterocycles.